The maximum atomic E-state index is 4.63. The second-order valence-corrected chi connectivity index (χ2v) is 6.86. The summed E-state index contributed by atoms with van der Waals surface area (Å²) in [5.41, 5.74) is 2.01. The van der Waals surface area contributed by atoms with Crippen molar-refractivity contribution in [2.75, 3.05) is 18.1 Å². The average Bonchev–Trinajstić information content (AvgIpc) is 2.98. The number of nitrogens with zero attached hydrogens (tertiary/aromatic N) is 3. The zero-order chi connectivity index (χ0) is 13.6. The lowest BCUT2D eigenvalue weighted by Crippen LogP contribution is -2.35. The second kappa shape index (κ2) is 7.15. The van der Waals surface area contributed by atoms with Gasteiger partial charge in [-0.3, -0.25) is 9.97 Å². The summed E-state index contributed by atoms with van der Waals surface area (Å²) in [6.45, 7) is 1.01. The molecular formula is C14H18N4S2. The van der Waals surface area contributed by atoms with E-state index in [1.54, 1.807) is 29.9 Å². The first-order valence-electron chi connectivity index (χ1n) is 6.94. The zero-order valence-electron chi connectivity index (χ0n) is 11.3. The number of hydrogen-bond acceptors (Lipinski definition) is 6. The molecule has 0 radical (unpaired) electrons. The Kier molecular flexibility index (Phi) is 5.00. The van der Waals surface area contributed by atoms with Crippen LogP contribution in [0.25, 0.3) is 10.7 Å². The van der Waals surface area contributed by atoms with Gasteiger partial charge >= 0.3 is 0 Å². The molecular weight excluding hydrogens is 288 g/mol. The maximum absolute atomic E-state index is 4.63. The Labute approximate surface area is 127 Å². The van der Waals surface area contributed by atoms with E-state index in [-0.39, 0.29) is 0 Å². The number of nitrogens with one attached hydrogen (secondary N) is 1. The fourth-order valence-electron chi connectivity index (χ4n) is 2.26. The van der Waals surface area contributed by atoms with Gasteiger partial charge in [-0.25, -0.2) is 4.98 Å². The van der Waals surface area contributed by atoms with E-state index in [1.807, 2.05) is 0 Å². The molecule has 0 saturated carbocycles. The third kappa shape index (κ3) is 3.77. The van der Waals surface area contributed by atoms with Gasteiger partial charge < -0.3 is 5.32 Å². The minimum Gasteiger partial charge on any atom is -0.313 e. The smallest absolute Gasteiger partial charge is 0.143 e. The van der Waals surface area contributed by atoms with Crippen molar-refractivity contribution in [2.45, 2.75) is 25.3 Å². The van der Waals surface area contributed by atoms with Gasteiger partial charge in [-0.05, 0) is 18.6 Å². The number of thioether (sulfide) groups is 1. The van der Waals surface area contributed by atoms with Crippen LogP contribution in [-0.2, 0) is 6.42 Å². The summed E-state index contributed by atoms with van der Waals surface area (Å²) in [4.78, 5) is 13.0. The molecule has 0 spiro atoms. The molecule has 106 valence electrons. The first-order chi connectivity index (χ1) is 9.92. The van der Waals surface area contributed by atoms with Gasteiger partial charge in [0.1, 0.15) is 10.7 Å². The van der Waals surface area contributed by atoms with Gasteiger partial charge in [0.15, 0.2) is 0 Å². The third-order valence-corrected chi connectivity index (χ3v) is 5.44. The highest BCUT2D eigenvalue weighted by Crippen LogP contribution is 2.21. The van der Waals surface area contributed by atoms with Crippen LogP contribution in [0, 0.1) is 0 Å². The van der Waals surface area contributed by atoms with Crippen molar-refractivity contribution in [2.24, 2.45) is 0 Å². The van der Waals surface area contributed by atoms with Crippen molar-refractivity contribution in [1.82, 2.24) is 20.3 Å². The van der Waals surface area contributed by atoms with E-state index in [1.165, 1.54) is 24.3 Å². The quantitative estimate of drug-likeness (QED) is 0.920. The van der Waals surface area contributed by atoms with Gasteiger partial charge in [-0.1, -0.05) is 0 Å². The van der Waals surface area contributed by atoms with Crippen molar-refractivity contribution < 1.29 is 0 Å². The van der Waals surface area contributed by atoms with Gasteiger partial charge in [-0.2, -0.15) is 11.8 Å². The van der Waals surface area contributed by atoms with E-state index in [9.17, 15) is 0 Å². The Bertz CT molecular complexity index is 523. The Morgan fingerprint density at radius 1 is 1.35 bits per heavy atom. The van der Waals surface area contributed by atoms with Gasteiger partial charge in [-0.15, -0.1) is 11.3 Å². The summed E-state index contributed by atoms with van der Waals surface area (Å²) >= 11 is 3.70. The van der Waals surface area contributed by atoms with Gasteiger partial charge in [0.05, 0.1) is 11.9 Å². The monoisotopic (exact) mass is 306 g/mol. The lowest BCUT2D eigenvalue weighted by atomic mass is 10.2. The molecule has 1 fully saturated rings. The fraction of sp³-hybridized carbons (Fsp3) is 0.500. The number of aromatic nitrogens is 3. The summed E-state index contributed by atoms with van der Waals surface area (Å²) in [7, 11) is 0. The highest BCUT2D eigenvalue weighted by molar-refractivity contribution is 7.99. The summed E-state index contributed by atoms with van der Waals surface area (Å²) in [5.74, 6) is 2.58. The molecule has 2 aromatic heterocycles. The number of hydrogen-bond donors (Lipinski definition) is 1. The minimum absolute atomic E-state index is 0.687. The van der Waals surface area contributed by atoms with Crippen LogP contribution >= 0.6 is 23.1 Å². The molecule has 1 N–H and O–H groups in total. The molecule has 3 heterocycles. The minimum atomic E-state index is 0.687. The van der Waals surface area contributed by atoms with Gasteiger partial charge in [0.25, 0.3) is 0 Å². The third-order valence-electron chi connectivity index (χ3n) is 3.31. The molecule has 20 heavy (non-hydrogen) atoms. The van der Waals surface area contributed by atoms with E-state index in [4.69, 9.17) is 0 Å². The summed E-state index contributed by atoms with van der Waals surface area (Å²) in [5, 5.41) is 6.72. The van der Waals surface area contributed by atoms with Crippen LogP contribution in [0.1, 0.15) is 18.5 Å². The largest absolute Gasteiger partial charge is 0.313 e. The van der Waals surface area contributed by atoms with E-state index >= 15 is 0 Å². The Morgan fingerprint density at radius 3 is 3.15 bits per heavy atom. The van der Waals surface area contributed by atoms with Crippen LogP contribution in [0.2, 0.25) is 0 Å². The van der Waals surface area contributed by atoms with E-state index in [0.717, 1.165) is 29.4 Å². The first kappa shape index (κ1) is 14.0. The Hall–Kier alpha value is -0.980. The Balaban J connectivity index is 1.50. The summed E-state index contributed by atoms with van der Waals surface area (Å²) in [6, 6.07) is 0.687. The molecule has 2 aromatic rings. The molecule has 1 atom stereocenters. The molecule has 1 aliphatic rings. The molecule has 0 aliphatic carbocycles. The first-order valence-corrected chi connectivity index (χ1v) is 8.97. The van der Waals surface area contributed by atoms with Crippen molar-refractivity contribution in [3.63, 3.8) is 0 Å². The SMILES string of the molecule is c1cnc(-c2nc(CCNC3CCCSC3)cs2)cn1. The molecule has 0 aromatic carbocycles. The average molecular weight is 306 g/mol. The summed E-state index contributed by atoms with van der Waals surface area (Å²) in [6.07, 6.45) is 8.80. The predicted molar refractivity (Wildman–Crippen MR) is 85.2 cm³/mol. The van der Waals surface area contributed by atoms with Crippen LogP contribution in [0.15, 0.2) is 24.0 Å². The molecule has 6 heteroatoms. The highest BCUT2D eigenvalue weighted by Gasteiger charge is 2.13. The van der Waals surface area contributed by atoms with Gasteiger partial charge in [0.2, 0.25) is 0 Å². The molecule has 1 aliphatic heterocycles. The molecule has 4 nitrogen and oxygen atoms in total. The van der Waals surface area contributed by atoms with Crippen LogP contribution in [0.5, 0.6) is 0 Å². The predicted octanol–water partition coefficient (Wildman–Crippen LogP) is 2.63. The molecule has 0 bridgehead atoms. The topological polar surface area (TPSA) is 50.7 Å². The van der Waals surface area contributed by atoms with E-state index in [0.29, 0.717) is 6.04 Å². The number of thiazole rings is 1. The van der Waals surface area contributed by atoms with E-state index < -0.39 is 0 Å². The number of rotatable bonds is 5. The molecule has 1 saturated heterocycles. The molecule has 3 rings (SSSR count). The van der Waals surface area contributed by atoms with Crippen LogP contribution in [-0.4, -0.2) is 39.0 Å². The van der Waals surface area contributed by atoms with Crippen molar-refractivity contribution >= 4 is 23.1 Å². The Morgan fingerprint density at radius 2 is 2.35 bits per heavy atom. The fourth-order valence-corrected chi connectivity index (χ4v) is 4.18. The standard InChI is InChI=1S/C14H18N4S2/c1-2-11(9-19-7-1)16-4-3-12-10-20-14(18-12)13-8-15-5-6-17-13/h5-6,8,10-11,16H,1-4,7,9H2. The molecule has 1 unspecified atom stereocenters. The second-order valence-electron chi connectivity index (χ2n) is 4.85. The summed E-state index contributed by atoms with van der Waals surface area (Å²) < 4.78 is 0. The van der Waals surface area contributed by atoms with Crippen molar-refractivity contribution in [3.05, 3.63) is 29.7 Å². The maximum Gasteiger partial charge on any atom is 0.143 e. The van der Waals surface area contributed by atoms with Crippen LogP contribution in [0.3, 0.4) is 0 Å². The van der Waals surface area contributed by atoms with E-state index in [2.05, 4.69) is 37.4 Å². The zero-order valence-corrected chi connectivity index (χ0v) is 12.9. The lowest BCUT2D eigenvalue weighted by Gasteiger charge is -2.22. The normalized spacial score (nSPS) is 19.1. The highest BCUT2D eigenvalue weighted by atomic mass is 32.2. The molecule has 0 amide bonds. The van der Waals surface area contributed by atoms with Gasteiger partial charge in [0, 0.05) is 42.5 Å². The van der Waals surface area contributed by atoms with Crippen molar-refractivity contribution in [1.29, 1.82) is 0 Å². The van der Waals surface area contributed by atoms with Crippen LogP contribution in [0.4, 0.5) is 0 Å². The van der Waals surface area contributed by atoms with Crippen LogP contribution < -0.4 is 5.32 Å². The lowest BCUT2D eigenvalue weighted by molar-refractivity contribution is 0.510. The van der Waals surface area contributed by atoms with Crippen molar-refractivity contribution in [3.8, 4) is 10.7 Å².